The van der Waals surface area contributed by atoms with Crippen LogP contribution in [0.3, 0.4) is 0 Å². The van der Waals surface area contributed by atoms with E-state index in [1.54, 1.807) is 20.8 Å². The molecule has 3 N–H and O–H groups in total. The van der Waals surface area contributed by atoms with Gasteiger partial charge in [-0.3, -0.25) is 9.59 Å². The van der Waals surface area contributed by atoms with E-state index in [0.717, 1.165) is 0 Å². The molecule has 7 heteroatoms. The van der Waals surface area contributed by atoms with Crippen LogP contribution in [0.15, 0.2) is 0 Å². The zero-order chi connectivity index (χ0) is 19.4. The Bertz CT molecular complexity index is 560. The molecule has 0 spiro atoms. The lowest BCUT2D eigenvalue weighted by molar-refractivity contribution is -0.140. The monoisotopic (exact) mass is 351 g/mol. The minimum absolute atomic E-state index is 0.141. The van der Waals surface area contributed by atoms with Crippen LogP contribution in [-0.4, -0.2) is 46.5 Å². The molecule has 1 rings (SSSR count). The smallest absolute Gasteiger partial charge is 0.408 e. The van der Waals surface area contributed by atoms with Gasteiger partial charge in [0, 0.05) is 0 Å². The van der Waals surface area contributed by atoms with E-state index in [4.69, 9.17) is 16.9 Å². The first-order chi connectivity index (χ1) is 11.5. The van der Waals surface area contributed by atoms with Gasteiger partial charge < -0.3 is 20.7 Å². The number of amides is 3. The average molecular weight is 351 g/mol. The second-order valence-corrected chi connectivity index (χ2v) is 7.75. The second kappa shape index (κ2) is 8.24. The summed E-state index contributed by atoms with van der Waals surface area (Å²) in [4.78, 5) is 38.1. The number of nitrogens with one attached hydrogen (secondary N) is 1. The van der Waals surface area contributed by atoms with Crippen LogP contribution >= 0.6 is 0 Å². The van der Waals surface area contributed by atoms with Crippen molar-refractivity contribution in [3.05, 3.63) is 0 Å². The molecule has 0 radical (unpaired) electrons. The molecular formula is C18H29N3O4. The van der Waals surface area contributed by atoms with E-state index in [2.05, 4.69) is 11.2 Å². The van der Waals surface area contributed by atoms with Crippen molar-refractivity contribution in [1.82, 2.24) is 10.2 Å². The molecular weight excluding hydrogens is 322 g/mol. The number of carbonyl (C=O) groups excluding carboxylic acids is 3. The molecule has 25 heavy (non-hydrogen) atoms. The van der Waals surface area contributed by atoms with Gasteiger partial charge in [0.2, 0.25) is 11.8 Å². The normalized spacial score (nSPS) is 21.6. The Hall–Kier alpha value is -2.23. The van der Waals surface area contributed by atoms with Crippen LogP contribution in [0.2, 0.25) is 0 Å². The topological polar surface area (TPSA) is 102 Å². The van der Waals surface area contributed by atoms with Crippen molar-refractivity contribution in [3.63, 3.8) is 0 Å². The molecule has 2 unspecified atom stereocenters. The van der Waals surface area contributed by atoms with Crippen LogP contribution in [-0.2, 0) is 14.3 Å². The van der Waals surface area contributed by atoms with E-state index in [9.17, 15) is 14.4 Å². The summed E-state index contributed by atoms with van der Waals surface area (Å²) in [5.74, 6) is 1.68. The maximum absolute atomic E-state index is 13.0. The summed E-state index contributed by atoms with van der Waals surface area (Å²) in [7, 11) is 0. The van der Waals surface area contributed by atoms with Gasteiger partial charge in [-0.25, -0.2) is 4.79 Å². The predicted octanol–water partition coefficient (Wildman–Crippen LogP) is 1.40. The molecule has 3 amide bonds. The van der Waals surface area contributed by atoms with Crippen molar-refractivity contribution in [2.24, 2.45) is 11.7 Å². The van der Waals surface area contributed by atoms with Crippen molar-refractivity contribution < 1.29 is 19.1 Å². The lowest BCUT2D eigenvalue weighted by Gasteiger charge is -2.31. The molecule has 140 valence electrons. The Morgan fingerprint density at radius 2 is 1.92 bits per heavy atom. The third-order valence-electron chi connectivity index (χ3n) is 3.86. The summed E-state index contributed by atoms with van der Waals surface area (Å²) >= 11 is 0. The Balaban J connectivity index is 3.00. The van der Waals surface area contributed by atoms with Gasteiger partial charge in [0.15, 0.2) is 0 Å². The second-order valence-electron chi connectivity index (χ2n) is 7.75. The van der Waals surface area contributed by atoms with Crippen LogP contribution in [0.4, 0.5) is 4.79 Å². The summed E-state index contributed by atoms with van der Waals surface area (Å²) in [6.07, 6.45) is 6.16. The molecule has 0 saturated carbocycles. The minimum Gasteiger partial charge on any atom is -0.444 e. The van der Waals surface area contributed by atoms with Gasteiger partial charge in [-0.15, -0.1) is 6.42 Å². The zero-order valence-electron chi connectivity index (χ0n) is 15.7. The number of carbonyl (C=O) groups is 3. The number of ether oxygens (including phenoxy) is 1. The van der Waals surface area contributed by atoms with Crippen molar-refractivity contribution in [1.29, 1.82) is 0 Å². The van der Waals surface area contributed by atoms with Crippen LogP contribution in [0.25, 0.3) is 0 Å². The third kappa shape index (κ3) is 5.96. The van der Waals surface area contributed by atoms with Crippen LogP contribution in [0, 0.1) is 18.3 Å². The van der Waals surface area contributed by atoms with Gasteiger partial charge in [-0.2, -0.15) is 0 Å². The quantitative estimate of drug-likeness (QED) is 0.731. The van der Waals surface area contributed by atoms with Crippen molar-refractivity contribution in [3.8, 4) is 12.3 Å². The van der Waals surface area contributed by atoms with E-state index in [0.29, 0.717) is 19.3 Å². The highest BCUT2D eigenvalue weighted by Gasteiger charge is 2.42. The number of rotatable bonds is 5. The van der Waals surface area contributed by atoms with Crippen molar-refractivity contribution in [2.75, 3.05) is 0 Å². The summed E-state index contributed by atoms with van der Waals surface area (Å²) in [6.45, 7) is 9.09. The highest BCUT2D eigenvalue weighted by molar-refractivity contribution is 5.91. The number of nitrogens with zero attached hydrogens (tertiary/aromatic N) is 1. The standard InChI is InChI=1S/C18H29N3O4/c1-7-12-8-9-14(15(19)22)21(12)16(23)13(10-11(2)3)20-17(24)25-18(4,5)6/h1,11-14H,8-10H2,2-6H3,(H2,19,22)(H,20,24)/t12?,13-,14?/m0/s1. The fraction of sp³-hybridized carbons (Fsp3) is 0.722. The van der Waals surface area contributed by atoms with E-state index < -0.39 is 41.6 Å². The maximum atomic E-state index is 13.0. The summed E-state index contributed by atoms with van der Waals surface area (Å²) in [5, 5.41) is 2.61. The van der Waals surface area contributed by atoms with Crippen LogP contribution in [0.1, 0.15) is 53.9 Å². The molecule has 0 aromatic heterocycles. The predicted molar refractivity (Wildman–Crippen MR) is 94.3 cm³/mol. The molecule has 1 fully saturated rings. The third-order valence-corrected chi connectivity index (χ3v) is 3.86. The summed E-state index contributed by atoms with van der Waals surface area (Å²) in [5.41, 5.74) is 4.74. The molecule has 1 aliphatic heterocycles. The zero-order valence-corrected chi connectivity index (χ0v) is 15.7. The number of likely N-dealkylation sites (tertiary alicyclic amines) is 1. The summed E-state index contributed by atoms with van der Waals surface area (Å²) in [6, 6.07) is -2.07. The maximum Gasteiger partial charge on any atom is 0.408 e. The number of hydrogen-bond acceptors (Lipinski definition) is 4. The highest BCUT2D eigenvalue weighted by Crippen LogP contribution is 2.25. The highest BCUT2D eigenvalue weighted by atomic mass is 16.6. The number of alkyl carbamates (subject to hydrolysis) is 1. The first kappa shape index (κ1) is 20.8. The van der Waals surface area contributed by atoms with Crippen molar-refractivity contribution >= 4 is 17.9 Å². The first-order valence-corrected chi connectivity index (χ1v) is 8.53. The van der Waals surface area contributed by atoms with Gasteiger partial charge in [-0.1, -0.05) is 19.8 Å². The Morgan fingerprint density at radius 3 is 2.36 bits per heavy atom. The average Bonchev–Trinajstić information content (AvgIpc) is 2.87. The fourth-order valence-corrected chi connectivity index (χ4v) is 2.88. The van der Waals surface area contributed by atoms with Gasteiger partial charge in [0.25, 0.3) is 0 Å². The molecule has 3 atom stereocenters. The molecule has 0 aromatic carbocycles. The van der Waals surface area contributed by atoms with Gasteiger partial charge in [0.05, 0.1) is 6.04 Å². The lowest BCUT2D eigenvalue weighted by Crippen LogP contribution is -2.55. The largest absolute Gasteiger partial charge is 0.444 e. The number of terminal acetylenes is 1. The molecule has 0 aromatic rings. The Kier molecular flexibility index (Phi) is 6.86. The van der Waals surface area contributed by atoms with Crippen LogP contribution in [0.5, 0.6) is 0 Å². The van der Waals surface area contributed by atoms with E-state index in [-0.39, 0.29) is 5.92 Å². The molecule has 0 aliphatic carbocycles. The lowest BCUT2D eigenvalue weighted by atomic mass is 10.0. The summed E-state index contributed by atoms with van der Waals surface area (Å²) < 4.78 is 5.24. The molecule has 0 bridgehead atoms. The Labute approximate surface area is 149 Å². The van der Waals surface area contributed by atoms with E-state index in [1.807, 2.05) is 13.8 Å². The van der Waals surface area contributed by atoms with E-state index >= 15 is 0 Å². The first-order valence-electron chi connectivity index (χ1n) is 8.53. The van der Waals surface area contributed by atoms with Gasteiger partial charge in [0.1, 0.15) is 17.7 Å². The molecule has 1 saturated heterocycles. The molecule has 1 heterocycles. The molecule has 7 nitrogen and oxygen atoms in total. The van der Waals surface area contributed by atoms with E-state index in [1.165, 1.54) is 4.90 Å². The number of hydrogen-bond donors (Lipinski definition) is 2. The van der Waals surface area contributed by atoms with Crippen LogP contribution < -0.4 is 11.1 Å². The van der Waals surface area contributed by atoms with Gasteiger partial charge in [-0.05, 0) is 46.0 Å². The minimum atomic E-state index is -0.828. The number of nitrogens with two attached hydrogens (primary N) is 1. The fourth-order valence-electron chi connectivity index (χ4n) is 2.88. The SMILES string of the molecule is C#CC1CCC(C(N)=O)N1C(=O)[C@H](CC(C)C)NC(=O)OC(C)(C)C. The van der Waals surface area contributed by atoms with Crippen molar-refractivity contribution in [2.45, 2.75) is 77.6 Å². The Morgan fingerprint density at radius 1 is 1.32 bits per heavy atom. The number of primary amides is 1. The molecule has 1 aliphatic rings. The van der Waals surface area contributed by atoms with Gasteiger partial charge >= 0.3 is 6.09 Å².